The summed E-state index contributed by atoms with van der Waals surface area (Å²) >= 11 is 5.93. The molecule has 1 saturated heterocycles. The first-order valence-corrected chi connectivity index (χ1v) is 14.0. The summed E-state index contributed by atoms with van der Waals surface area (Å²) in [4.78, 5) is 31.5. The number of methoxy groups -OCH3 is 2. The Morgan fingerprint density at radius 2 is 1.81 bits per heavy atom. The van der Waals surface area contributed by atoms with E-state index in [1.807, 2.05) is 68.4 Å². The molecule has 216 valence electrons. The van der Waals surface area contributed by atoms with Crippen LogP contribution in [0.4, 0.5) is 11.4 Å². The van der Waals surface area contributed by atoms with E-state index < -0.39 is 5.97 Å². The Labute approximate surface area is 250 Å². The lowest BCUT2D eigenvalue weighted by molar-refractivity contribution is -0.115. The molecular formula is C32H33N5O4S. The van der Waals surface area contributed by atoms with E-state index in [1.54, 1.807) is 26.3 Å². The number of rotatable bonds is 8. The van der Waals surface area contributed by atoms with E-state index in [0.717, 1.165) is 34.0 Å². The van der Waals surface area contributed by atoms with E-state index in [0.29, 0.717) is 28.5 Å². The van der Waals surface area contributed by atoms with Crippen molar-refractivity contribution in [3.8, 4) is 11.4 Å². The third-order valence-corrected chi connectivity index (χ3v) is 7.81. The third-order valence-electron chi connectivity index (χ3n) is 7.50. The number of pyridine rings is 1. The Morgan fingerprint density at radius 1 is 1.05 bits per heavy atom. The number of hydrogen-bond donors (Lipinski definition) is 2. The summed E-state index contributed by atoms with van der Waals surface area (Å²) in [5.41, 5.74) is 6.34. The van der Waals surface area contributed by atoms with Gasteiger partial charge in [-0.3, -0.25) is 9.78 Å². The molecule has 0 bridgehead atoms. The normalized spacial score (nSPS) is 16.2. The van der Waals surface area contributed by atoms with E-state index in [4.69, 9.17) is 21.7 Å². The number of amides is 1. The molecule has 1 fully saturated rings. The van der Waals surface area contributed by atoms with Crippen molar-refractivity contribution in [1.29, 1.82) is 0 Å². The number of nitrogens with one attached hydrogen (secondary N) is 2. The van der Waals surface area contributed by atoms with Gasteiger partial charge in [0.15, 0.2) is 5.11 Å². The number of anilines is 2. The second kappa shape index (κ2) is 12.0. The van der Waals surface area contributed by atoms with Gasteiger partial charge in [-0.2, -0.15) is 0 Å². The predicted molar refractivity (Wildman–Crippen MR) is 166 cm³/mol. The quantitative estimate of drug-likeness (QED) is 0.198. The molecule has 0 radical (unpaired) electrons. The summed E-state index contributed by atoms with van der Waals surface area (Å²) in [6, 6.07) is 20.4. The minimum Gasteiger partial charge on any atom is -0.494 e. The molecule has 0 saturated carbocycles. The number of hydrogen-bond acceptors (Lipinski definition) is 6. The van der Waals surface area contributed by atoms with Crippen LogP contribution >= 0.6 is 12.2 Å². The minimum absolute atomic E-state index is 0.104. The Morgan fingerprint density at radius 3 is 2.50 bits per heavy atom. The molecule has 2 N–H and O–H groups in total. The average molecular weight is 584 g/mol. The standard InChI is InChI=1S/C32H33N5O4S/c1-6-28(38)34-24-15-14-21(18-27(24)40-4)37-30(29(35-32(37)42)25-12-9-10-16-33-25)23-17-19(2)36(20(23)3)26-13-8-7-11-22(26)31(39)41-5/h7-18,29-30H,6H2,1-5H3,(H,34,38)(H,35,42)/t29-,30+/m1/s1. The molecule has 1 aliphatic heterocycles. The molecule has 1 aliphatic rings. The van der Waals surface area contributed by atoms with Gasteiger partial charge >= 0.3 is 5.97 Å². The first-order chi connectivity index (χ1) is 20.3. The van der Waals surface area contributed by atoms with Crippen LogP contribution < -0.4 is 20.3 Å². The van der Waals surface area contributed by atoms with E-state index >= 15 is 0 Å². The number of benzene rings is 2. The van der Waals surface area contributed by atoms with Gasteiger partial charge in [0, 0.05) is 35.8 Å². The van der Waals surface area contributed by atoms with Gasteiger partial charge in [0.1, 0.15) is 5.75 Å². The van der Waals surface area contributed by atoms with Crippen LogP contribution in [0.5, 0.6) is 5.75 Å². The number of carbonyl (C=O) groups excluding carboxylic acids is 2. The minimum atomic E-state index is -0.404. The van der Waals surface area contributed by atoms with Crippen LogP contribution in [0.3, 0.4) is 0 Å². The van der Waals surface area contributed by atoms with Crippen LogP contribution in [-0.4, -0.2) is 40.8 Å². The summed E-state index contributed by atoms with van der Waals surface area (Å²) in [6.45, 7) is 5.85. The largest absolute Gasteiger partial charge is 0.494 e. The van der Waals surface area contributed by atoms with E-state index in [1.165, 1.54) is 7.11 Å². The lowest BCUT2D eigenvalue weighted by atomic mass is 9.96. The maximum absolute atomic E-state index is 12.7. The number of para-hydroxylation sites is 1. The number of esters is 1. The van der Waals surface area contributed by atoms with Gasteiger partial charge in [0.2, 0.25) is 5.91 Å². The zero-order chi connectivity index (χ0) is 30.0. The Balaban J connectivity index is 1.67. The molecule has 2 atom stereocenters. The molecule has 2 aromatic carbocycles. The highest BCUT2D eigenvalue weighted by atomic mass is 32.1. The van der Waals surface area contributed by atoms with Crippen molar-refractivity contribution >= 4 is 40.6 Å². The number of thiocarbonyl (C=S) groups is 1. The molecule has 10 heteroatoms. The SMILES string of the molecule is CCC(=O)Nc1ccc(N2C(=S)N[C@H](c3ccccn3)[C@@H]2c2cc(C)n(-c3ccccc3C(=O)OC)c2C)cc1OC. The van der Waals surface area contributed by atoms with Gasteiger partial charge in [0.25, 0.3) is 0 Å². The Kier molecular flexibility index (Phi) is 8.26. The maximum atomic E-state index is 12.7. The van der Waals surface area contributed by atoms with Crippen molar-refractivity contribution in [2.24, 2.45) is 0 Å². The molecule has 0 spiro atoms. The van der Waals surface area contributed by atoms with Crippen molar-refractivity contribution in [1.82, 2.24) is 14.9 Å². The van der Waals surface area contributed by atoms with Gasteiger partial charge < -0.3 is 29.6 Å². The lowest BCUT2D eigenvalue weighted by Crippen LogP contribution is -2.29. The highest BCUT2D eigenvalue weighted by molar-refractivity contribution is 7.80. The van der Waals surface area contributed by atoms with Gasteiger partial charge in [-0.1, -0.05) is 25.1 Å². The van der Waals surface area contributed by atoms with Crippen LogP contribution in [0.25, 0.3) is 5.69 Å². The molecule has 42 heavy (non-hydrogen) atoms. The van der Waals surface area contributed by atoms with Crippen LogP contribution in [0.1, 0.15) is 58.4 Å². The first kappa shape index (κ1) is 28.8. The molecule has 5 rings (SSSR count). The summed E-state index contributed by atoms with van der Waals surface area (Å²) in [5.74, 6) is 0.0143. The highest BCUT2D eigenvalue weighted by Gasteiger charge is 2.42. The second-order valence-corrected chi connectivity index (χ2v) is 10.3. The number of aryl methyl sites for hydroxylation is 1. The van der Waals surface area contributed by atoms with Crippen molar-refractivity contribution < 1.29 is 19.1 Å². The topological polar surface area (TPSA) is 97.7 Å². The Bertz CT molecular complexity index is 1650. The molecule has 0 aliphatic carbocycles. The molecule has 9 nitrogen and oxygen atoms in total. The van der Waals surface area contributed by atoms with Crippen molar-refractivity contribution in [3.63, 3.8) is 0 Å². The third kappa shape index (κ3) is 5.21. The molecule has 2 aromatic heterocycles. The van der Waals surface area contributed by atoms with E-state index in [-0.39, 0.29) is 18.0 Å². The highest BCUT2D eigenvalue weighted by Crippen LogP contribution is 2.45. The summed E-state index contributed by atoms with van der Waals surface area (Å²) < 4.78 is 12.8. The van der Waals surface area contributed by atoms with Crippen LogP contribution in [0.15, 0.2) is 72.9 Å². The van der Waals surface area contributed by atoms with E-state index in [9.17, 15) is 9.59 Å². The lowest BCUT2D eigenvalue weighted by Gasteiger charge is -2.29. The fourth-order valence-corrected chi connectivity index (χ4v) is 5.88. The number of carbonyl (C=O) groups is 2. The van der Waals surface area contributed by atoms with Crippen molar-refractivity contribution in [3.05, 3.63) is 101 Å². The van der Waals surface area contributed by atoms with Gasteiger partial charge in [0.05, 0.1) is 48.9 Å². The fourth-order valence-electron chi connectivity index (χ4n) is 5.53. The van der Waals surface area contributed by atoms with Gasteiger partial charge in [-0.15, -0.1) is 0 Å². The first-order valence-electron chi connectivity index (χ1n) is 13.6. The summed E-state index contributed by atoms with van der Waals surface area (Å²) in [7, 11) is 2.95. The van der Waals surface area contributed by atoms with Gasteiger partial charge in [-0.25, -0.2) is 4.79 Å². The zero-order valence-electron chi connectivity index (χ0n) is 24.2. The van der Waals surface area contributed by atoms with Crippen LogP contribution in [-0.2, 0) is 9.53 Å². The number of nitrogens with zero attached hydrogens (tertiary/aromatic N) is 3. The predicted octanol–water partition coefficient (Wildman–Crippen LogP) is 5.81. The molecule has 0 unspecified atom stereocenters. The summed E-state index contributed by atoms with van der Waals surface area (Å²) in [5, 5.41) is 6.92. The average Bonchev–Trinajstić information content (AvgIpc) is 3.51. The molecular weight excluding hydrogens is 550 g/mol. The molecule has 1 amide bonds. The second-order valence-electron chi connectivity index (χ2n) is 9.95. The van der Waals surface area contributed by atoms with Crippen LogP contribution in [0, 0.1) is 13.8 Å². The summed E-state index contributed by atoms with van der Waals surface area (Å²) in [6.07, 6.45) is 2.12. The number of aromatic nitrogens is 2. The van der Waals surface area contributed by atoms with Crippen molar-refractivity contribution in [2.45, 2.75) is 39.3 Å². The van der Waals surface area contributed by atoms with E-state index in [2.05, 4.69) is 31.2 Å². The fraction of sp³-hybridized carbons (Fsp3) is 0.250. The Hall–Kier alpha value is -4.70. The molecule has 4 aromatic rings. The smallest absolute Gasteiger partial charge is 0.339 e. The zero-order valence-corrected chi connectivity index (χ0v) is 25.0. The van der Waals surface area contributed by atoms with Crippen molar-refractivity contribution in [2.75, 3.05) is 24.4 Å². The van der Waals surface area contributed by atoms with Gasteiger partial charge in [-0.05, 0) is 74.1 Å². The molecule has 3 heterocycles. The van der Waals surface area contributed by atoms with Crippen LogP contribution in [0.2, 0.25) is 0 Å². The monoisotopic (exact) mass is 583 g/mol. The maximum Gasteiger partial charge on any atom is 0.339 e. The number of ether oxygens (including phenoxy) is 2.